The van der Waals surface area contributed by atoms with Crippen LogP contribution in [0, 0.1) is 13.8 Å². The van der Waals surface area contributed by atoms with Gasteiger partial charge < -0.3 is 9.47 Å². The number of carbonyl (C=O) groups is 4. The van der Waals surface area contributed by atoms with Crippen molar-refractivity contribution in [3.8, 4) is 11.5 Å². The molecule has 5 rings (SSSR count). The molecule has 7 heteroatoms. The number of aryl methyl sites for hydroxylation is 2. The second-order valence-electron chi connectivity index (χ2n) is 9.35. The molecule has 194 valence electrons. The number of rotatable bonds is 7. The van der Waals surface area contributed by atoms with Crippen LogP contribution in [0.15, 0.2) is 91.0 Å². The van der Waals surface area contributed by atoms with Gasteiger partial charge in [0.15, 0.2) is 6.10 Å². The first-order chi connectivity index (χ1) is 18.7. The zero-order valence-electron chi connectivity index (χ0n) is 21.6. The van der Waals surface area contributed by atoms with Crippen molar-refractivity contribution >= 4 is 29.3 Å². The number of anilines is 1. The second-order valence-corrected chi connectivity index (χ2v) is 9.35. The lowest BCUT2D eigenvalue weighted by molar-refractivity contribution is 0.0318. The number of nitrogens with zero attached hydrogens (tertiary/aromatic N) is 1. The molecule has 0 spiro atoms. The predicted molar refractivity (Wildman–Crippen MR) is 146 cm³/mol. The Morgan fingerprint density at radius 2 is 1.44 bits per heavy atom. The first kappa shape index (κ1) is 25.6. The van der Waals surface area contributed by atoms with Crippen LogP contribution in [-0.2, 0) is 4.74 Å². The van der Waals surface area contributed by atoms with Crippen LogP contribution < -0.4 is 9.64 Å². The number of ketones is 1. The highest BCUT2D eigenvalue weighted by Gasteiger charge is 2.37. The summed E-state index contributed by atoms with van der Waals surface area (Å²) < 4.78 is 11.3. The number of hydrogen-bond donors (Lipinski definition) is 0. The Bertz CT molecular complexity index is 1610. The molecule has 1 atom stereocenters. The van der Waals surface area contributed by atoms with Gasteiger partial charge in [-0.05, 0) is 80.4 Å². The molecule has 0 aromatic heterocycles. The van der Waals surface area contributed by atoms with Gasteiger partial charge in [0.25, 0.3) is 11.8 Å². The van der Waals surface area contributed by atoms with Crippen molar-refractivity contribution in [2.45, 2.75) is 26.9 Å². The molecule has 4 aromatic carbocycles. The molecule has 0 N–H and O–H groups in total. The van der Waals surface area contributed by atoms with Gasteiger partial charge in [0.05, 0.1) is 22.4 Å². The van der Waals surface area contributed by atoms with E-state index in [1.165, 1.54) is 25.1 Å². The van der Waals surface area contributed by atoms with Gasteiger partial charge >= 0.3 is 5.97 Å². The van der Waals surface area contributed by atoms with Crippen molar-refractivity contribution in [1.82, 2.24) is 0 Å². The summed E-state index contributed by atoms with van der Waals surface area (Å²) in [6.45, 7) is 5.42. The lowest BCUT2D eigenvalue weighted by atomic mass is 10.1. The highest BCUT2D eigenvalue weighted by Crippen LogP contribution is 2.32. The van der Waals surface area contributed by atoms with Gasteiger partial charge in [-0.25, -0.2) is 9.69 Å². The van der Waals surface area contributed by atoms with Crippen LogP contribution in [0.4, 0.5) is 5.69 Å². The Hall–Kier alpha value is -5.04. The fourth-order valence-electron chi connectivity index (χ4n) is 4.33. The Labute approximate surface area is 225 Å². The van der Waals surface area contributed by atoms with E-state index in [4.69, 9.17) is 9.47 Å². The lowest BCUT2D eigenvalue weighted by Crippen LogP contribution is -2.29. The third kappa shape index (κ3) is 5.07. The van der Waals surface area contributed by atoms with Crippen molar-refractivity contribution in [3.63, 3.8) is 0 Å². The van der Waals surface area contributed by atoms with Gasteiger partial charge in [0.1, 0.15) is 11.5 Å². The minimum absolute atomic E-state index is 0.0710. The van der Waals surface area contributed by atoms with Crippen molar-refractivity contribution < 1.29 is 28.7 Å². The molecule has 1 aliphatic heterocycles. The Kier molecular flexibility index (Phi) is 6.81. The maximum atomic E-state index is 13.2. The van der Waals surface area contributed by atoms with Crippen molar-refractivity contribution in [1.29, 1.82) is 0 Å². The van der Waals surface area contributed by atoms with E-state index in [1.807, 2.05) is 32.0 Å². The number of ether oxygens (including phenoxy) is 2. The largest absolute Gasteiger partial charge is 0.457 e. The Balaban J connectivity index is 1.31. The fraction of sp³-hybridized carbons (Fsp3) is 0.125. The molecule has 0 aliphatic carbocycles. The number of amides is 2. The first-order valence-corrected chi connectivity index (χ1v) is 12.4. The average Bonchev–Trinajstić information content (AvgIpc) is 3.20. The Morgan fingerprint density at radius 1 is 0.744 bits per heavy atom. The maximum absolute atomic E-state index is 13.2. The number of imide groups is 1. The summed E-state index contributed by atoms with van der Waals surface area (Å²) in [4.78, 5) is 52.7. The van der Waals surface area contributed by atoms with Crippen LogP contribution in [-0.4, -0.2) is 29.7 Å². The molecule has 4 aromatic rings. The molecule has 0 fully saturated rings. The number of benzene rings is 4. The maximum Gasteiger partial charge on any atom is 0.338 e. The summed E-state index contributed by atoms with van der Waals surface area (Å²) in [6.07, 6.45) is -1.02. The summed E-state index contributed by atoms with van der Waals surface area (Å²) in [6, 6.07) is 25.2. The summed E-state index contributed by atoms with van der Waals surface area (Å²) >= 11 is 0. The number of fused-ring (bicyclic) bond motifs is 1. The van der Waals surface area contributed by atoms with E-state index in [9.17, 15) is 19.2 Å². The van der Waals surface area contributed by atoms with Gasteiger partial charge in [-0.2, -0.15) is 0 Å². The summed E-state index contributed by atoms with van der Waals surface area (Å²) in [5.74, 6) is -0.864. The van der Waals surface area contributed by atoms with E-state index in [1.54, 1.807) is 54.6 Å². The van der Waals surface area contributed by atoms with Crippen LogP contribution in [0.1, 0.15) is 59.5 Å². The van der Waals surface area contributed by atoms with E-state index in [0.717, 1.165) is 21.8 Å². The average molecular weight is 520 g/mol. The molecule has 7 nitrogen and oxygen atoms in total. The van der Waals surface area contributed by atoms with Crippen molar-refractivity contribution in [2.24, 2.45) is 0 Å². The number of Topliss-reactive ketones (excluding diaryl/α,β-unsaturated/α-hetero) is 1. The van der Waals surface area contributed by atoms with E-state index in [-0.39, 0.29) is 22.5 Å². The van der Waals surface area contributed by atoms with Crippen molar-refractivity contribution in [2.75, 3.05) is 4.90 Å². The molecule has 39 heavy (non-hydrogen) atoms. The van der Waals surface area contributed by atoms with E-state index < -0.39 is 23.9 Å². The third-order valence-corrected chi connectivity index (χ3v) is 6.50. The second kappa shape index (κ2) is 10.4. The normalized spacial score (nSPS) is 13.2. The lowest BCUT2D eigenvalue weighted by Gasteiger charge is -2.15. The molecule has 0 radical (unpaired) electrons. The first-order valence-electron chi connectivity index (χ1n) is 12.4. The molecule has 0 saturated heterocycles. The zero-order chi connectivity index (χ0) is 27.7. The van der Waals surface area contributed by atoms with Crippen molar-refractivity contribution in [3.05, 3.63) is 124 Å². The third-order valence-electron chi connectivity index (χ3n) is 6.50. The Morgan fingerprint density at radius 3 is 2.15 bits per heavy atom. The summed E-state index contributed by atoms with van der Waals surface area (Å²) in [5, 5.41) is 0. The monoisotopic (exact) mass is 519 g/mol. The van der Waals surface area contributed by atoms with E-state index >= 15 is 0 Å². The fourth-order valence-corrected chi connectivity index (χ4v) is 4.33. The van der Waals surface area contributed by atoms with Crippen LogP contribution in [0.2, 0.25) is 0 Å². The highest BCUT2D eigenvalue weighted by molar-refractivity contribution is 6.34. The van der Waals surface area contributed by atoms with Gasteiger partial charge in [-0.1, -0.05) is 42.5 Å². The van der Waals surface area contributed by atoms with Gasteiger partial charge in [-0.3, -0.25) is 14.4 Å². The van der Waals surface area contributed by atoms with Crippen LogP contribution in [0.3, 0.4) is 0 Å². The molecule has 0 saturated carbocycles. The number of hydrogen-bond acceptors (Lipinski definition) is 6. The quantitative estimate of drug-likeness (QED) is 0.161. The van der Waals surface area contributed by atoms with Crippen LogP contribution >= 0.6 is 0 Å². The SMILES string of the molecule is Cc1ccc(C)c(Oc2ccc(N3C(=O)c4ccc(C(=O)OC(C)C(=O)c5ccccc5)cc4C3=O)cc2)c1. The highest BCUT2D eigenvalue weighted by atomic mass is 16.5. The van der Waals surface area contributed by atoms with Gasteiger partial charge in [0, 0.05) is 5.56 Å². The van der Waals surface area contributed by atoms with E-state index in [0.29, 0.717) is 17.0 Å². The molecule has 2 amide bonds. The molecular weight excluding hydrogens is 494 g/mol. The summed E-state index contributed by atoms with van der Waals surface area (Å²) in [7, 11) is 0. The van der Waals surface area contributed by atoms with Crippen LogP contribution in [0.25, 0.3) is 0 Å². The topological polar surface area (TPSA) is 90.0 Å². The van der Waals surface area contributed by atoms with Gasteiger partial charge in [-0.15, -0.1) is 0 Å². The minimum atomic E-state index is -1.02. The summed E-state index contributed by atoms with van der Waals surface area (Å²) in [5.41, 5.74) is 3.20. The standard InChI is InChI=1S/C32H25NO6/c1-19-9-10-20(2)28(17-19)39-25-14-12-24(13-15-25)33-30(35)26-16-11-23(18-27(26)31(33)36)32(37)38-21(3)29(34)22-7-5-4-6-8-22/h4-18,21H,1-3H3. The number of esters is 1. The molecule has 0 bridgehead atoms. The van der Waals surface area contributed by atoms with Crippen LogP contribution in [0.5, 0.6) is 11.5 Å². The number of carbonyl (C=O) groups excluding carboxylic acids is 4. The molecule has 1 aliphatic rings. The zero-order valence-corrected chi connectivity index (χ0v) is 21.6. The van der Waals surface area contributed by atoms with E-state index in [2.05, 4.69) is 0 Å². The van der Waals surface area contributed by atoms with Gasteiger partial charge in [0.2, 0.25) is 5.78 Å². The molecular formula is C32H25NO6. The predicted octanol–water partition coefficient (Wildman–Crippen LogP) is 6.32. The molecule has 1 unspecified atom stereocenters. The molecule has 1 heterocycles. The minimum Gasteiger partial charge on any atom is -0.457 e. The smallest absolute Gasteiger partial charge is 0.338 e.